The predicted molar refractivity (Wildman–Crippen MR) is 89.3 cm³/mol. The standard InChI is InChI=1S/C20H14O2/c1-22-18-12-8-14-7-9-15(13-5-3-2-4-6-13)20-17(21)11-10-16(18)19(14)20/h2-12H,1H3. The van der Waals surface area contributed by atoms with Crippen molar-refractivity contribution in [2.24, 2.45) is 0 Å². The third-order valence-corrected chi connectivity index (χ3v) is 4.14. The van der Waals surface area contributed by atoms with Crippen molar-refractivity contribution in [2.75, 3.05) is 7.11 Å². The fourth-order valence-corrected chi connectivity index (χ4v) is 3.13. The molecular formula is C20H14O2. The van der Waals surface area contributed by atoms with Gasteiger partial charge in [0.15, 0.2) is 5.78 Å². The molecule has 1 aliphatic rings. The molecule has 4 rings (SSSR count). The van der Waals surface area contributed by atoms with E-state index in [4.69, 9.17) is 4.74 Å². The van der Waals surface area contributed by atoms with Gasteiger partial charge in [0.1, 0.15) is 5.75 Å². The van der Waals surface area contributed by atoms with Gasteiger partial charge in [0.25, 0.3) is 0 Å². The van der Waals surface area contributed by atoms with Gasteiger partial charge in [-0.05, 0) is 34.7 Å². The van der Waals surface area contributed by atoms with Gasteiger partial charge in [0, 0.05) is 16.5 Å². The molecule has 0 amide bonds. The molecule has 1 aliphatic carbocycles. The van der Waals surface area contributed by atoms with Crippen LogP contribution in [0.5, 0.6) is 5.75 Å². The number of methoxy groups -OCH3 is 1. The number of hydrogen-bond acceptors (Lipinski definition) is 2. The minimum absolute atomic E-state index is 0.0465. The fourth-order valence-electron chi connectivity index (χ4n) is 3.13. The van der Waals surface area contributed by atoms with E-state index in [0.29, 0.717) is 0 Å². The molecule has 22 heavy (non-hydrogen) atoms. The third-order valence-electron chi connectivity index (χ3n) is 4.14. The molecule has 0 fully saturated rings. The van der Waals surface area contributed by atoms with Crippen LogP contribution in [0.2, 0.25) is 0 Å². The maximum absolute atomic E-state index is 12.5. The molecule has 0 bridgehead atoms. The highest BCUT2D eigenvalue weighted by molar-refractivity contribution is 6.23. The smallest absolute Gasteiger partial charge is 0.187 e. The zero-order valence-electron chi connectivity index (χ0n) is 12.2. The molecule has 0 aromatic heterocycles. The summed E-state index contributed by atoms with van der Waals surface area (Å²) < 4.78 is 5.45. The number of benzene rings is 3. The Bertz CT molecular complexity index is 921. The van der Waals surface area contributed by atoms with E-state index in [0.717, 1.165) is 38.8 Å². The monoisotopic (exact) mass is 286 g/mol. The second kappa shape index (κ2) is 4.85. The molecular weight excluding hydrogens is 272 g/mol. The second-order valence-corrected chi connectivity index (χ2v) is 5.33. The number of ketones is 1. The van der Waals surface area contributed by atoms with Crippen molar-refractivity contribution in [2.45, 2.75) is 0 Å². The fraction of sp³-hybridized carbons (Fsp3) is 0.0500. The molecule has 0 unspecified atom stereocenters. The number of carbonyl (C=O) groups is 1. The first-order valence-corrected chi connectivity index (χ1v) is 7.21. The molecule has 106 valence electrons. The van der Waals surface area contributed by atoms with Crippen molar-refractivity contribution in [3.63, 3.8) is 0 Å². The first-order chi connectivity index (χ1) is 10.8. The van der Waals surface area contributed by atoms with Crippen LogP contribution in [0.4, 0.5) is 0 Å². The van der Waals surface area contributed by atoms with Gasteiger partial charge < -0.3 is 4.74 Å². The van der Waals surface area contributed by atoms with Crippen LogP contribution in [0.15, 0.2) is 60.7 Å². The maximum atomic E-state index is 12.5. The highest BCUT2D eigenvalue weighted by Crippen LogP contribution is 2.39. The Labute approximate surface area is 128 Å². The van der Waals surface area contributed by atoms with E-state index in [1.165, 1.54) is 0 Å². The van der Waals surface area contributed by atoms with E-state index >= 15 is 0 Å². The van der Waals surface area contributed by atoms with E-state index in [2.05, 4.69) is 6.07 Å². The van der Waals surface area contributed by atoms with E-state index in [1.54, 1.807) is 13.2 Å². The second-order valence-electron chi connectivity index (χ2n) is 5.33. The Morgan fingerprint density at radius 3 is 2.41 bits per heavy atom. The summed E-state index contributed by atoms with van der Waals surface area (Å²) in [6.45, 7) is 0. The Balaban J connectivity index is 2.14. The van der Waals surface area contributed by atoms with Crippen molar-refractivity contribution in [1.29, 1.82) is 0 Å². The molecule has 0 radical (unpaired) electrons. The van der Waals surface area contributed by atoms with Gasteiger partial charge in [-0.15, -0.1) is 0 Å². The lowest BCUT2D eigenvalue weighted by Gasteiger charge is -2.18. The third kappa shape index (κ3) is 1.77. The highest BCUT2D eigenvalue weighted by atomic mass is 16.5. The molecule has 3 aromatic carbocycles. The first kappa shape index (κ1) is 12.8. The van der Waals surface area contributed by atoms with Gasteiger partial charge >= 0.3 is 0 Å². The van der Waals surface area contributed by atoms with Crippen LogP contribution in [-0.4, -0.2) is 12.9 Å². The predicted octanol–water partition coefficient (Wildman–Crippen LogP) is 4.72. The van der Waals surface area contributed by atoms with Crippen LogP contribution >= 0.6 is 0 Å². The molecule has 2 nitrogen and oxygen atoms in total. The molecule has 0 aliphatic heterocycles. The van der Waals surface area contributed by atoms with Crippen molar-refractivity contribution >= 4 is 22.6 Å². The Hall–Kier alpha value is -2.87. The molecule has 0 saturated heterocycles. The molecule has 0 atom stereocenters. The van der Waals surface area contributed by atoms with Crippen molar-refractivity contribution in [1.82, 2.24) is 0 Å². The average Bonchev–Trinajstić information content (AvgIpc) is 2.58. The van der Waals surface area contributed by atoms with Gasteiger partial charge in [-0.1, -0.05) is 48.5 Å². The number of carbonyl (C=O) groups excluding carboxylic acids is 1. The van der Waals surface area contributed by atoms with Crippen LogP contribution in [-0.2, 0) is 0 Å². The molecule has 0 saturated carbocycles. The Kier molecular flexibility index (Phi) is 2.83. The summed E-state index contributed by atoms with van der Waals surface area (Å²) in [6, 6.07) is 18.1. The van der Waals surface area contributed by atoms with Crippen LogP contribution < -0.4 is 4.74 Å². The van der Waals surface area contributed by atoms with Crippen molar-refractivity contribution < 1.29 is 9.53 Å². The normalized spacial score (nSPS) is 12.7. The van der Waals surface area contributed by atoms with Crippen LogP contribution in [0.1, 0.15) is 15.9 Å². The zero-order valence-corrected chi connectivity index (χ0v) is 12.2. The SMILES string of the molecule is COc1ccc2ccc(-c3ccccc3)c3c2c1C=CC3=O. The summed E-state index contributed by atoms with van der Waals surface area (Å²) in [7, 11) is 1.66. The van der Waals surface area contributed by atoms with Crippen molar-refractivity contribution in [3.05, 3.63) is 71.8 Å². The van der Waals surface area contributed by atoms with Gasteiger partial charge in [-0.2, -0.15) is 0 Å². The molecule has 0 heterocycles. The van der Waals surface area contributed by atoms with Gasteiger partial charge in [0.05, 0.1) is 7.11 Å². The lowest BCUT2D eigenvalue weighted by molar-refractivity contribution is 0.104. The summed E-state index contributed by atoms with van der Waals surface area (Å²) >= 11 is 0. The highest BCUT2D eigenvalue weighted by Gasteiger charge is 2.21. The lowest BCUT2D eigenvalue weighted by atomic mass is 9.86. The Morgan fingerprint density at radius 1 is 0.864 bits per heavy atom. The maximum Gasteiger partial charge on any atom is 0.187 e. The van der Waals surface area contributed by atoms with E-state index < -0.39 is 0 Å². The quantitative estimate of drug-likeness (QED) is 0.681. The van der Waals surface area contributed by atoms with Gasteiger partial charge in [0.2, 0.25) is 0 Å². The summed E-state index contributed by atoms with van der Waals surface area (Å²) in [4.78, 5) is 12.5. The molecule has 0 spiro atoms. The first-order valence-electron chi connectivity index (χ1n) is 7.21. The summed E-state index contributed by atoms with van der Waals surface area (Å²) in [5.41, 5.74) is 3.77. The largest absolute Gasteiger partial charge is 0.496 e. The molecule has 3 aromatic rings. The number of ether oxygens (including phenoxy) is 1. The average molecular weight is 286 g/mol. The summed E-state index contributed by atoms with van der Waals surface area (Å²) in [5, 5.41) is 2.04. The van der Waals surface area contributed by atoms with Crippen LogP contribution in [0, 0.1) is 0 Å². The topological polar surface area (TPSA) is 26.3 Å². The van der Waals surface area contributed by atoms with E-state index in [-0.39, 0.29) is 5.78 Å². The minimum atomic E-state index is 0.0465. The van der Waals surface area contributed by atoms with Gasteiger partial charge in [-0.3, -0.25) is 4.79 Å². The van der Waals surface area contributed by atoms with Crippen molar-refractivity contribution in [3.8, 4) is 16.9 Å². The van der Waals surface area contributed by atoms with E-state index in [9.17, 15) is 4.79 Å². The van der Waals surface area contributed by atoms with E-state index in [1.807, 2.05) is 54.6 Å². The molecule has 0 N–H and O–H groups in total. The number of allylic oxidation sites excluding steroid dienone is 1. The molecule has 2 heteroatoms. The minimum Gasteiger partial charge on any atom is -0.496 e. The van der Waals surface area contributed by atoms with Crippen LogP contribution in [0.3, 0.4) is 0 Å². The summed E-state index contributed by atoms with van der Waals surface area (Å²) in [5.74, 6) is 0.841. The number of hydrogen-bond donors (Lipinski definition) is 0. The Morgan fingerprint density at radius 2 is 1.64 bits per heavy atom. The number of rotatable bonds is 2. The van der Waals surface area contributed by atoms with Gasteiger partial charge in [-0.25, -0.2) is 0 Å². The van der Waals surface area contributed by atoms with Crippen LogP contribution in [0.25, 0.3) is 28.0 Å². The summed E-state index contributed by atoms with van der Waals surface area (Å²) in [6.07, 6.45) is 3.48. The lowest BCUT2D eigenvalue weighted by Crippen LogP contribution is -2.05. The zero-order chi connectivity index (χ0) is 15.1.